The summed E-state index contributed by atoms with van der Waals surface area (Å²) in [6.45, 7) is 0.645. The number of hydrogen-bond donors (Lipinski definition) is 2. The highest BCUT2D eigenvalue weighted by Gasteiger charge is 2.32. The summed E-state index contributed by atoms with van der Waals surface area (Å²) in [5, 5.41) is 8.32. The third-order valence-corrected chi connectivity index (χ3v) is 6.20. The van der Waals surface area contributed by atoms with Crippen LogP contribution in [0.2, 0.25) is 0 Å². The maximum Gasteiger partial charge on any atom is 0.240 e. The average molecular weight is 494 g/mol. The number of ether oxygens (including phenoxy) is 3. The van der Waals surface area contributed by atoms with Gasteiger partial charge < -0.3 is 34.7 Å². The monoisotopic (exact) mass is 493 g/mol. The summed E-state index contributed by atoms with van der Waals surface area (Å²) in [6.07, 6.45) is 6.67. The highest BCUT2D eigenvalue weighted by atomic mass is 16.5. The number of anilines is 3. The Morgan fingerprint density at radius 1 is 1.14 bits per heavy atom. The number of carbonyl (C=O) groups is 1. The third-order valence-electron chi connectivity index (χ3n) is 6.20. The summed E-state index contributed by atoms with van der Waals surface area (Å²) in [7, 11) is 6.49. The lowest BCUT2D eigenvalue weighted by Gasteiger charge is -2.22. The van der Waals surface area contributed by atoms with Crippen molar-refractivity contribution >= 4 is 34.5 Å². The predicted octanol–water partition coefficient (Wildman–Crippen LogP) is 1.77. The fourth-order valence-corrected chi connectivity index (χ4v) is 4.40. The molecule has 36 heavy (non-hydrogen) atoms. The van der Waals surface area contributed by atoms with Gasteiger partial charge in [0.05, 0.1) is 44.8 Å². The normalized spacial score (nSPS) is 15.3. The molecule has 1 amide bonds. The standard InChI is InChI=1S/C23H27N9O4/c1-30-22-14(10-26-30)21(28-23(29-22)32-7-5-6-15(32)20(24)33)27-18-11-31(12-25-18)13-8-16(34-2)19(36-4)17(9-13)35-3/h8-12,15H,5-7H2,1-4H3,(H2,24,33)(H,27,28,29). The van der Waals surface area contributed by atoms with Crippen LogP contribution in [0.4, 0.5) is 17.6 Å². The second kappa shape index (κ2) is 9.24. The largest absolute Gasteiger partial charge is 0.493 e. The van der Waals surface area contributed by atoms with Crippen molar-refractivity contribution in [1.82, 2.24) is 29.3 Å². The smallest absolute Gasteiger partial charge is 0.240 e. The molecule has 4 heterocycles. The van der Waals surface area contributed by atoms with Crippen molar-refractivity contribution in [3.8, 4) is 22.9 Å². The van der Waals surface area contributed by atoms with E-state index in [-0.39, 0.29) is 5.91 Å². The number of carbonyl (C=O) groups excluding carboxylic acids is 1. The van der Waals surface area contributed by atoms with E-state index in [0.29, 0.717) is 53.4 Å². The van der Waals surface area contributed by atoms with Crippen molar-refractivity contribution in [2.45, 2.75) is 18.9 Å². The van der Waals surface area contributed by atoms with Crippen LogP contribution < -0.4 is 30.2 Å². The van der Waals surface area contributed by atoms with Crippen molar-refractivity contribution in [3.63, 3.8) is 0 Å². The van der Waals surface area contributed by atoms with Crippen LogP contribution in [0.5, 0.6) is 17.2 Å². The fraction of sp³-hybridized carbons (Fsp3) is 0.348. The highest BCUT2D eigenvalue weighted by molar-refractivity contribution is 5.90. The molecule has 5 rings (SSSR count). The molecule has 0 aliphatic carbocycles. The number of aryl methyl sites for hydroxylation is 1. The summed E-state index contributed by atoms with van der Waals surface area (Å²) in [5.41, 5.74) is 7.01. The molecule has 1 fully saturated rings. The minimum Gasteiger partial charge on any atom is -0.493 e. The molecule has 188 valence electrons. The number of nitrogens with zero attached hydrogens (tertiary/aromatic N) is 7. The first-order valence-corrected chi connectivity index (χ1v) is 11.3. The van der Waals surface area contributed by atoms with Gasteiger partial charge >= 0.3 is 0 Å². The van der Waals surface area contributed by atoms with Crippen molar-refractivity contribution < 1.29 is 19.0 Å². The number of nitrogens with one attached hydrogen (secondary N) is 1. The van der Waals surface area contributed by atoms with Crippen molar-refractivity contribution in [2.75, 3.05) is 38.1 Å². The van der Waals surface area contributed by atoms with E-state index in [2.05, 4.69) is 20.4 Å². The Morgan fingerprint density at radius 3 is 2.56 bits per heavy atom. The lowest BCUT2D eigenvalue weighted by molar-refractivity contribution is -0.119. The zero-order valence-electron chi connectivity index (χ0n) is 20.4. The quantitative estimate of drug-likeness (QED) is 0.372. The maximum atomic E-state index is 12.0. The van der Waals surface area contributed by atoms with Crippen LogP contribution in [0.25, 0.3) is 16.7 Å². The van der Waals surface area contributed by atoms with Gasteiger partial charge in [-0.3, -0.25) is 9.48 Å². The van der Waals surface area contributed by atoms with Gasteiger partial charge in [0.15, 0.2) is 17.1 Å². The molecule has 13 nitrogen and oxygen atoms in total. The van der Waals surface area contributed by atoms with Crippen LogP contribution in [0.1, 0.15) is 12.8 Å². The zero-order chi connectivity index (χ0) is 25.4. The molecule has 0 saturated carbocycles. The Hall–Kier alpha value is -4.55. The molecule has 0 bridgehead atoms. The number of rotatable bonds is 8. The first-order valence-electron chi connectivity index (χ1n) is 11.3. The van der Waals surface area contributed by atoms with Crippen LogP contribution in [0, 0.1) is 0 Å². The zero-order valence-corrected chi connectivity index (χ0v) is 20.4. The Kier molecular flexibility index (Phi) is 5.96. The number of benzene rings is 1. The van der Waals surface area contributed by atoms with E-state index in [1.165, 1.54) is 0 Å². The summed E-state index contributed by atoms with van der Waals surface area (Å²) in [6, 6.07) is 3.21. The highest BCUT2D eigenvalue weighted by Crippen LogP contribution is 2.39. The van der Waals surface area contributed by atoms with Gasteiger partial charge in [0.1, 0.15) is 24.0 Å². The molecule has 1 atom stereocenters. The van der Waals surface area contributed by atoms with E-state index in [4.69, 9.17) is 24.9 Å². The van der Waals surface area contributed by atoms with Crippen LogP contribution in [-0.2, 0) is 11.8 Å². The number of imidazole rings is 1. The van der Waals surface area contributed by atoms with Crippen molar-refractivity contribution in [2.24, 2.45) is 12.8 Å². The molecule has 1 aliphatic heterocycles. The molecule has 4 aromatic rings. The van der Waals surface area contributed by atoms with Crippen LogP contribution in [0.3, 0.4) is 0 Å². The van der Waals surface area contributed by atoms with Gasteiger partial charge in [-0.25, -0.2) is 4.98 Å². The number of methoxy groups -OCH3 is 3. The predicted molar refractivity (Wildman–Crippen MR) is 132 cm³/mol. The molecule has 1 unspecified atom stereocenters. The molecule has 1 saturated heterocycles. The fourth-order valence-electron chi connectivity index (χ4n) is 4.40. The topological polar surface area (TPSA) is 147 Å². The second-order valence-corrected chi connectivity index (χ2v) is 8.31. The van der Waals surface area contributed by atoms with Gasteiger partial charge in [0.25, 0.3) is 0 Å². The summed E-state index contributed by atoms with van der Waals surface area (Å²) in [4.78, 5) is 27.7. The third kappa shape index (κ3) is 3.97. The molecule has 1 aliphatic rings. The van der Waals surface area contributed by atoms with E-state index in [1.54, 1.807) is 45.6 Å². The molecule has 0 radical (unpaired) electrons. The molecular weight excluding hydrogens is 466 g/mol. The first kappa shape index (κ1) is 23.2. The minimum absolute atomic E-state index is 0.389. The van der Waals surface area contributed by atoms with Crippen molar-refractivity contribution in [1.29, 1.82) is 0 Å². The van der Waals surface area contributed by atoms with Gasteiger partial charge in [-0.05, 0) is 12.8 Å². The summed E-state index contributed by atoms with van der Waals surface area (Å²) in [5.74, 6) is 2.66. The molecule has 13 heteroatoms. The van der Waals surface area contributed by atoms with Gasteiger partial charge in [-0.2, -0.15) is 15.1 Å². The second-order valence-electron chi connectivity index (χ2n) is 8.31. The SMILES string of the molecule is COc1cc(-n2cnc(Nc3nc(N4CCCC4C(N)=O)nc4c3cnn4C)c2)cc(OC)c1OC. The van der Waals surface area contributed by atoms with Crippen LogP contribution in [0.15, 0.2) is 30.9 Å². The minimum atomic E-state index is -0.442. The van der Waals surface area contributed by atoms with E-state index in [0.717, 1.165) is 17.5 Å². The number of amides is 1. The average Bonchev–Trinajstić information content (AvgIpc) is 3.63. The molecule has 3 N–H and O–H groups in total. The van der Waals surface area contributed by atoms with Gasteiger partial charge in [-0.1, -0.05) is 0 Å². The number of hydrogen-bond acceptors (Lipinski definition) is 10. The lowest BCUT2D eigenvalue weighted by atomic mass is 10.2. The summed E-state index contributed by atoms with van der Waals surface area (Å²) < 4.78 is 19.8. The Balaban J connectivity index is 1.51. The van der Waals surface area contributed by atoms with Gasteiger partial charge in [-0.15, -0.1) is 0 Å². The molecule has 0 spiro atoms. The lowest BCUT2D eigenvalue weighted by Crippen LogP contribution is -2.41. The maximum absolute atomic E-state index is 12.0. The van der Waals surface area contributed by atoms with Gasteiger partial charge in [0.2, 0.25) is 17.6 Å². The number of fused-ring (bicyclic) bond motifs is 1. The van der Waals surface area contributed by atoms with Crippen LogP contribution in [-0.4, -0.2) is 69.1 Å². The number of primary amides is 1. The summed E-state index contributed by atoms with van der Waals surface area (Å²) >= 11 is 0. The number of aromatic nitrogens is 6. The van der Waals surface area contributed by atoms with E-state index in [9.17, 15) is 4.79 Å². The Morgan fingerprint density at radius 2 is 1.89 bits per heavy atom. The van der Waals surface area contributed by atoms with E-state index in [1.807, 2.05) is 27.8 Å². The van der Waals surface area contributed by atoms with Gasteiger partial charge in [0, 0.05) is 25.7 Å². The molecule has 3 aromatic heterocycles. The Labute approximate surface area is 206 Å². The van der Waals surface area contributed by atoms with E-state index >= 15 is 0 Å². The first-order chi connectivity index (χ1) is 17.4. The van der Waals surface area contributed by atoms with Crippen molar-refractivity contribution in [3.05, 3.63) is 30.9 Å². The molecule has 1 aromatic carbocycles. The van der Waals surface area contributed by atoms with E-state index < -0.39 is 6.04 Å². The Bertz CT molecular complexity index is 1410. The molecular formula is C23H27N9O4. The van der Waals surface area contributed by atoms with Crippen LogP contribution >= 0.6 is 0 Å². The number of nitrogens with two attached hydrogens (primary N) is 1.